The maximum Gasteiger partial charge on any atom is 0.209 e. The second kappa shape index (κ2) is 3.93. The third-order valence-corrected chi connectivity index (χ3v) is 3.75. The van der Waals surface area contributed by atoms with Gasteiger partial charge in [-0.3, -0.25) is 9.46 Å². The summed E-state index contributed by atoms with van der Waals surface area (Å²) in [5.74, 6) is 1.76. The number of hydrogen-bond acceptors (Lipinski definition) is 2. The van der Waals surface area contributed by atoms with Gasteiger partial charge in [0, 0.05) is 26.2 Å². The predicted molar refractivity (Wildman–Crippen MR) is 55.1 cm³/mol. The van der Waals surface area contributed by atoms with Crippen LogP contribution in [-0.4, -0.2) is 42.2 Å². The first-order chi connectivity index (χ1) is 6.29. The highest BCUT2D eigenvalue weighted by Crippen LogP contribution is 2.32. The summed E-state index contributed by atoms with van der Waals surface area (Å²) in [6.45, 7) is 4.41. The number of carbonyl (C=O) groups is 1. The number of likely N-dealkylation sites (tertiary alicyclic amines) is 1. The number of hydrogen-bond donors (Lipinski definition) is 0. The van der Waals surface area contributed by atoms with E-state index >= 15 is 0 Å². The predicted octanol–water partition coefficient (Wildman–Crippen LogP) is 0.577. The fourth-order valence-corrected chi connectivity index (χ4v) is 2.88. The van der Waals surface area contributed by atoms with Crippen molar-refractivity contribution in [1.29, 1.82) is 0 Å². The van der Waals surface area contributed by atoms with Gasteiger partial charge in [0.05, 0.1) is 0 Å². The third-order valence-electron chi connectivity index (χ3n) is 3.33. The summed E-state index contributed by atoms with van der Waals surface area (Å²) in [6, 6.07) is 0. The van der Waals surface area contributed by atoms with Gasteiger partial charge in [-0.2, -0.15) is 0 Å². The summed E-state index contributed by atoms with van der Waals surface area (Å²) < 4.78 is 2.29. The van der Waals surface area contributed by atoms with E-state index in [1.165, 1.54) is 25.9 Å². The first-order valence-corrected chi connectivity index (χ1v) is 5.50. The van der Waals surface area contributed by atoms with Crippen molar-refractivity contribution in [2.45, 2.75) is 12.8 Å². The lowest BCUT2D eigenvalue weighted by Crippen LogP contribution is -2.47. The van der Waals surface area contributed by atoms with E-state index in [2.05, 4.69) is 14.1 Å². The van der Waals surface area contributed by atoms with Crippen LogP contribution in [0.1, 0.15) is 12.8 Å². The molecule has 2 saturated heterocycles. The Morgan fingerprint density at radius 2 is 1.77 bits per heavy atom. The minimum absolute atomic E-state index is 0.869. The number of nitrogens with zero attached hydrogens (tertiary/aromatic N) is 2. The maximum absolute atomic E-state index is 10.5. The van der Waals surface area contributed by atoms with Gasteiger partial charge < -0.3 is 4.90 Å². The van der Waals surface area contributed by atoms with Crippen LogP contribution < -0.4 is 0 Å². The summed E-state index contributed by atoms with van der Waals surface area (Å²) >= 11 is 0. The number of rotatable bonds is 2. The van der Waals surface area contributed by atoms with Crippen LogP contribution in [0.2, 0.25) is 0 Å². The fraction of sp³-hybridized carbons (Fsp3) is 0.889. The quantitative estimate of drug-likeness (QED) is 0.481. The second-order valence-electron chi connectivity index (χ2n) is 4.19. The third kappa shape index (κ3) is 2.03. The Morgan fingerprint density at radius 1 is 1.15 bits per heavy atom. The molecule has 2 heterocycles. The Kier molecular flexibility index (Phi) is 2.85. The lowest BCUT2D eigenvalue weighted by Gasteiger charge is -2.43. The van der Waals surface area contributed by atoms with Gasteiger partial charge in [-0.15, -0.1) is 0 Å². The summed E-state index contributed by atoms with van der Waals surface area (Å²) in [5.41, 5.74) is 0. The zero-order chi connectivity index (χ0) is 9.26. The molecule has 1 unspecified atom stereocenters. The van der Waals surface area contributed by atoms with Crippen molar-refractivity contribution in [2.75, 3.05) is 26.2 Å². The van der Waals surface area contributed by atoms with Crippen molar-refractivity contribution in [2.24, 2.45) is 11.8 Å². The van der Waals surface area contributed by atoms with Crippen molar-refractivity contribution in [3.63, 3.8) is 0 Å². The lowest BCUT2D eigenvalue weighted by atomic mass is 9.81. The molecule has 0 aliphatic carbocycles. The Morgan fingerprint density at radius 3 is 2.23 bits per heavy atom. The molecular weight excluding hydrogens is 183 g/mol. The van der Waals surface area contributed by atoms with E-state index in [0.717, 1.165) is 31.3 Å². The Hall–Kier alpha value is -0.140. The molecule has 0 bridgehead atoms. The molecular formula is C9H17N2OP. The van der Waals surface area contributed by atoms with E-state index in [9.17, 15) is 4.79 Å². The normalized spacial score (nSPS) is 27.3. The number of amides is 1. The maximum atomic E-state index is 10.5. The molecule has 13 heavy (non-hydrogen) atoms. The highest BCUT2D eigenvalue weighted by atomic mass is 31.0. The molecule has 2 aliphatic heterocycles. The average Bonchev–Trinajstić information content (AvgIpc) is 2.13. The van der Waals surface area contributed by atoms with Crippen LogP contribution in [0.5, 0.6) is 0 Å². The summed E-state index contributed by atoms with van der Waals surface area (Å²) in [4.78, 5) is 12.4. The highest BCUT2D eigenvalue weighted by Gasteiger charge is 2.32. The zero-order valence-corrected chi connectivity index (χ0v) is 9.01. The molecule has 2 rings (SSSR count). The second-order valence-corrected chi connectivity index (χ2v) is 4.92. The van der Waals surface area contributed by atoms with E-state index in [-0.39, 0.29) is 0 Å². The molecule has 3 nitrogen and oxygen atoms in total. The number of carbonyl (C=O) groups excluding carboxylic acids is 1. The largest absolute Gasteiger partial charge is 0.345 e. The van der Waals surface area contributed by atoms with Crippen molar-refractivity contribution < 1.29 is 4.79 Å². The minimum Gasteiger partial charge on any atom is -0.345 e. The van der Waals surface area contributed by atoms with Gasteiger partial charge in [0.25, 0.3) is 0 Å². The molecule has 1 amide bonds. The smallest absolute Gasteiger partial charge is 0.209 e. The molecule has 0 radical (unpaired) electrons. The SMILES string of the molecule is O=CN1CCC(C2CN(P)C2)CC1. The van der Waals surface area contributed by atoms with Crippen molar-refractivity contribution in [3.8, 4) is 0 Å². The monoisotopic (exact) mass is 200 g/mol. The Bertz CT molecular complexity index is 186. The van der Waals surface area contributed by atoms with Crippen LogP contribution in [0.4, 0.5) is 0 Å². The van der Waals surface area contributed by atoms with E-state index in [1.807, 2.05) is 4.90 Å². The van der Waals surface area contributed by atoms with Crippen LogP contribution >= 0.6 is 9.39 Å². The Labute approximate surface area is 81.7 Å². The molecule has 0 aromatic rings. The molecule has 74 valence electrons. The van der Waals surface area contributed by atoms with Crippen molar-refractivity contribution in [3.05, 3.63) is 0 Å². The molecule has 0 saturated carbocycles. The topological polar surface area (TPSA) is 23.6 Å². The molecule has 0 aromatic carbocycles. The highest BCUT2D eigenvalue weighted by molar-refractivity contribution is 7.13. The van der Waals surface area contributed by atoms with E-state index in [4.69, 9.17) is 0 Å². The fourth-order valence-electron chi connectivity index (χ4n) is 2.34. The summed E-state index contributed by atoms with van der Waals surface area (Å²) in [7, 11) is 2.75. The summed E-state index contributed by atoms with van der Waals surface area (Å²) in [6.07, 6.45) is 3.41. The molecule has 1 atom stereocenters. The van der Waals surface area contributed by atoms with Crippen LogP contribution in [0.25, 0.3) is 0 Å². The summed E-state index contributed by atoms with van der Waals surface area (Å²) in [5, 5.41) is 0. The van der Waals surface area contributed by atoms with Gasteiger partial charge in [0.15, 0.2) is 0 Å². The lowest BCUT2D eigenvalue weighted by molar-refractivity contribution is -0.119. The molecule has 4 heteroatoms. The van der Waals surface area contributed by atoms with E-state index in [1.54, 1.807) is 0 Å². The first-order valence-electron chi connectivity index (χ1n) is 4.98. The standard InChI is InChI=1S/C9H17N2OP/c12-7-10-3-1-8(2-4-10)9-5-11(13)6-9/h7-9H,1-6,13H2. The van der Waals surface area contributed by atoms with Gasteiger partial charge in [-0.25, -0.2) is 0 Å². The number of piperidine rings is 1. The molecule has 0 aromatic heterocycles. The molecule has 2 fully saturated rings. The van der Waals surface area contributed by atoms with Gasteiger partial charge >= 0.3 is 0 Å². The van der Waals surface area contributed by atoms with E-state index < -0.39 is 0 Å². The van der Waals surface area contributed by atoms with Crippen LogP contribution in [0.3, 0.4) is 0 Å². The van der Waals surface area contributed by atoms with Crippen molar-refractivity contribution in [1.82, 2.24) is 9.57 Å². The Balaban J connectivity index is 1.75. The van der Waals surface area contributed by atoms with Gasteiger partial charge in [0.2, 0.25) is 6.41 Å². The van der Waals surface area contributed by atoms with Crippen LogP contribution in [0, 0.1) is 11.8 Å². The average molecular weight is 200 g/mol. The molecule has 2 aliphatic rings. The van der Waals surface area contributed by atoms with Crippen LogP contribution in [-0.2, 0) is 4.79 Å². The van der Waals surface area contributed by atoms with Crippen LogP contribution in [0.15, 0.2) is 0 Å². The zero-order valence-electron chi connectivity index (χ0n) is 7.85. The van der Waals surface area contributed by atoms with Crippen molar-refractivity contribution >= 4 is 15.8 Å². The minimum atomic E-state index is 0.869. The van der Waals surface area contributed by atoms with Gasteiger partial charge in [-0.05, 0) is 24.7 Å². The molecule has 0 spiro atoms. The van der Waals surface area contributed by atoms with E-state index in [0.29, 0.717) is 0 Å². The molecule has 0 N–H and O–H groups in total. The van der Waals surface area contributed by atoms with Gasteiger partial charge in [0.1, 0.15) is 0 Å². The first kappa shape index (κ1) is 9.42. The van der Waals surface area contributed by atoms with Gasteiger partial charge in [-0.1, -0.05) is 9.39 Å².